The number of halogens is 2. The Kier molecular flexibility index (Phi) is 7.70. The average molecular weight is 485 g/mol. The summed E-state index contributed by atoms with van der Waals surface area (Å²) in [4.78, 5) is 13.0. The lowest BCUT2D eigenvalue weighted by Gasteiger charge is -2.17. The van der Waals surface area contributed by atoms with E-state index in [2.05, 4.69) is 11.4 Å². The number of aryl methyl sites for hydroxylation is 1. The highest BCUT2D eigenvalue weighted by molar-refractivity contribution is 6.32. The molecule has 0 aliphatic heterocycles. The van der Waals surface area contributed by atoms with Gasteiger partial charge in [-0.15, -0.1) is 0 Å². The lowest BCUT2D eigenvalue weighted by molar-refractivity contribution is 0.102. The van der Waals surface area contributed by atoms with Gasteiger partial charge in [0.1, 0.15) is 0 Å². The highest BCUT2D eigenvalue weighted by Gasteiger charge is 2.21. The third-order valence-corrected chi connectivity index (χ3v) is 5.74. The van der Waals surface area contributed by atoms with Crippen molar-refractivity contribution in [3.63, 3.8) is 0 Å². The molecule has 0 saturated carbocycles. The molecule has 0 aliphatic rings. The van der Waals surface area contributed by atoms with Gasteiger partial charge in [-0.3, -0.25) is 4.79 Å². The molecule has 0 saturated heterocycles. The van der Waals surface area contributed by atoms with Crippen LogP contribution in [0, 0.1) is 18.3 Å². The minimum atomic E-state index is -0.576. The molecule has 3 aromatic rings. The molecule has 0 aliphatic carbocycles. The number of rotatable bonds is 7. The Labute approximate surface area is 202 Å². The summed E-state index contributed by atoms with van der Waals surface area (Å²) < 4.78 is 15.9. The molecule has 8 heteroatoms. The maximum atomic E-state index is 13.0. The maximum absolute atomic E-state index is 13.0. The van der Waals surface area contributed by atoms with Crippen molar-refractivity contribution < 1.29 is 19.0 Å². The van der Waals surface area contributed by atoms with E-state index >= 15 is 0 Å². The van der Waals surface area contributed by atoms with Crippen LogP contribution in [0.2, 0.25) is 10.0 Å². The van der Waals surface area contributed by atoms with E-state index < -0.39 is 5.92 Å². The molecule has 1 N–H and O–H groups in total. The Balaban J connectivity index is 1.93. The van der Waals surface area contributed by atoms with Crippen LogP contribution in [0.25, 0.3) is 0 Å². The lowest BCUT2D eigenvalue weighted by Crippen LogP contribution is -2.14. The molecule has 1 amide bonds. The molecule has 6 nitrogen and oxygen atoms in total. The lowest BCUT2D eigenvalue weighted by atomic mass is 9.91. The van der Waals surface area contributed by atoms with Gasteiger partial charge in [-0.1, -0.05) is 41.4 Å². The summed E-state index contributed by atoms with van der Waals surface area (Å²) >= 11 is 12.5. The van der Waals surface area contributed by atoms with Crippen molar-refractivity contribution in [1.29, 1.82) is 5.26 Å². The van der Waals surface area contributed by atoms with Gasteiger partial charge in [0.05, 0.1) is 33.3 Å². The summed E-state index contributed by atoms with van der Waals surface area (Å²) in [5.74, 6) is 0.174. The van der Waals surface area contributed by atoms with E-state index in [-0.39, 0.29) is 5.91 Å². The molecule has 1 unspecified atom stereocenters. The number of ether oxygens (including phenoxy) is 3. The molecule has 0 radical (unpaired) electrons. The molecule has 0 fully saturated rings. The van der Waals surface area contributed by atoms with Crippen LogP contribution in [-0.2, 0) is 0 Å². The molecule has 0 aromatic heterocycles. The molecule has 3 aromatic carbocycles. The van der Waals surface area contributed by atoms with Crippen LogP contribution in [0.1, 0.15) is 33.0 Å². The first-order valence-electron chi connectivity index (χ1n) is 9.89. The van der Waals surface area contributed by atoms with E-state index in [4.69, 9.17) is 37.4 Å². The van der Waals surface area contributed by atoms with Crippen molar-refractivity contribution in [3.05, 3.63) is 80.8 Å². The second-order valence-corrected chi connectivity index (χ2v) is 8.01. The molecule has 0 heterocycles. The van der Waals surface area contributed by atoms with Crippen molar-refractivity contribution in [3.8, 4) is 23.3 Å². The van der Waals surface area contributed by atoms with E-state index in [1.54, 1.807) is 48.5 Å². The van der Waals surface area contributed by atoms with Crippen molar-refractivity contribution >= 4 is 34.8 Å². The van der Waals surface area contributed by atoms with Gasteiger partial charge in [-0.2, -0.15) is 5.26 Å². The molecular formula is C25H22Cl2N2O4. The fourth-order valence-electron chi connectivity index (χ4n) is 3.45. The minimum Gasteiger partial charge on any atom is -0.493 e. The fraction of sp³-hybridized carbons (Fsp3) is 0.200. The predicted molar refractivity (Wildman–Crippen MR) is 129 cm³/mol. The van der Waals surface area contributed by atoms with Gasteiger partial charge < -0.3 is 19.5 Å². The summed E-state index contributed by atoms with van der Waals surface area (Å²) in [7, 11) is 4.45. The predicted octanol–water partition coefficient (Wildman–Crippen LogP) is 6.24. The first kappa shape index (κ1) is 24.2. The number of nitriles is 1. The van der Waals surface area contributed by atoms with Crippen molar-refractivity contribution in [2.24, 2.45) is 0 Å². The number of hydrogen-bond donors (Lipinski definition) is 1. The van der Waals surface area contributed by atoms with Gasteiger partial charge in [-0.25, -0.2) is 0 Å². The number of anilines is 1. The van der Waals surface area contributed by atoms with Gasteiger partial charge in [0.25, 0.3) is 5.91 Å². The summed E-state index contributed by atoms with van der Waals surface area (Å²) in [5.41, 5.74) is 3.02. The highest BCUT2D eigenvalue weighted by Crippen LogP contribution is 2.39. The smallest absolute Gasteiger partial charge is 0.255 e. The third kappa shape index (κ3) is 5.16. The van der Waals surface area contributed by atoms with Gasteiger partial charge in [0, 0.05) is 21.3 Å². The van der Waals surface area contributed by atoms with Crippen molar-refractivity contribution in [2.45, 2.75) is 12.8 Å². The molecule has 3 rings (SSSR count). The van der Waals surface area contributed by atoms with Crippen LogP contribution in [-0.4, -0.2) is 27.2 Å². The second-order valence-electron chi connectivity index (χ2n) is 7.17. The Morgan fingerprint density at radius 2 is 1.58 bits per heavy atom. The molecule has 33 heavy (non-hydrogen) atoms. The minimum absolute atomic E-state index is 0.320. The number of nitrogens with one attached hydrogen (secondary N) is 1. The van der Waals surface area contributed by atoms with Gasteiger partial charge in [0.2, 0.25) is 5.75 Å². The number of amides is 1. The maximum Gasteiger partial charge on any atom is 0.255 e. The number of methoxy groups -OCH3 is 3. The number of hydrogen-bond acceptors (Lipinski definition) is 5. The summed E-state index contributed by atoms with van der Waals surface area (Å²) in [6, 6.07) is 15.9. The van der Waals surface area contributed by atoms with Crippen LogP contribution < -0.4 is 19.5 Å². The van der Waals surface area contributed by atoms with Gasteiger partial charge in [0.15, 0.2) is 11.5 Å². The zero-order chi connectivity index (χ0) is 24.1. The first-order valence-corrected chi connectivity index (χ1v) is 10.6. The SMILES string of the molecule is COc1cc(C(=O)Nc2cc(Cl)c(C(C#N)c3ccc(Cl)cc3)cc2C)cc(OC)c1OC. The molecular weight excluding hydrogens is 463 g/mol. The van der Waals surface area contributed by atoms with E-state index in [1.165, 1.54) is 21.3 Å². The Morgan fingerprint density at radius 1 is 0.970 bits per heavy atom. The van der Waals surface area contributed by atoms with Crippen LogP contribution in [0.4, 0.5) is 5.69 Å². The number of nitrogens with zero attached hydrogens (tertiary/aromatic N) is 1. The zero-order valence-electron chi connectivity index (χ0n) is 18.5. The van der Waals surface area contributed by atoms with Gasteiger partial charge in [-0.05, 0) is 53.9 Å². The Hall–Kier alpha value is -3.40. The normalized spacial score (nSPS) is 11.3. The molecule has 1 atom stereocenters. The van der Waals surface area contributed by atoms with Crippen LogP contribution in [0.3, 0.4) is 0 Å². The topological polar surface area (TPSA) is 80.6 Å². The third-order valence-electron chi connectivity index (χ3n) is 5.16. The monoisotopic (exact) mass is 484 g/mol. The number of carbonyl (C=O) groups excluding carboxylic acids is 1. The largest absolute Gasteiger partial charge is 0.493 e. The van der Waals surface area contributed by atoms with Crippen LogP contribution >= 0.6 is 23.2 Å². The van der Waals surface area contributed by atoms with Crippen molar-refractivity contribution in [2.75, 3.05) is 26.6 Å². The Morgan fingerprint density at radius 3 is 2.09 bits per heavy atom. The van der Waals surface area contributed by atoms with E-state index in [9.17, 15) is 10.1 Å². The standard InChI is InChI=1S/C25H22Cl2N2O4/c1-14-9-18(19(13-28)15-5-7-17(26)8-6-15)20(27)12-21(14)29-25(30)16-10-22(31-2)24(33-4)23(11-16)32-3/h5-12,19H,1-4H3,(H,29,30). The van der Waals surface area contributed by atoms with Crippen molar-refractivity contribution in [1.82, 2.24) is 0 Å². The number of benzene rings is 3. The molecule has 0 bridgehead atoms. The van der Waals surface area contributed by atoms with E-state index in [0.29, 0.717) is 44.1 Å². The first-order chi connectivity index (χ1) is 15.8. The quantitative estimate of drug-likeness (QED) is 0.429. The molecule has 170 valence electrons. The Bertz CT molecular complexity index is 1200. The summed E-state index contributed by atoms with van der Waals surface area (Å²) in [6.07, 6.45) is 0. The average Bonchev–Trinajstić information content (AvgIpc) is 2.82. The fourth-order valence-corrected chi connectivity index (χ4v) is 3.84. The highest BCUT2D eigenvalue weighted by atomic mass is 35.5. The van der Waals surface area contributed by atoms with E-state index in [1.807, 2.05) is 6.92 Å². The summed E-state index contributed by atoms with van der Waals surface area (Å²) in [5, 5.41) is 13.6. The van der Waals surface area contributed by atoms with E-state index in [0.717, 1.165) is 11.1 Å². The summed E-state index contributed by atoms with van der Waals surface area (Å²) in [6.45, 7) is 1.83. The zero-order valence-corrected chi connectivity index (χ0v) is 20.0. The van der Waals surface area contributed by atoms with Crippen LogP contribution in [0.15, 0.2) is 48.5 Å². The number of carbonyl (C=O) groups is 1. The second kappa shape index (κ2) is 10.5. The molecule has 0 spiro atoms. The van der Waals surface area contributed by atoms with Crippen LogP contribution in [0.5, 0.6) is 17.2 Å². The van der Waals surface area contributed by atoms with Gasteiger partial charge >= 0.3 is 0 Å².